The topological polar surface area (TPSA) is 26.3 Å². The van der Waals surface area contributed by atoms with Crippen molar-refractivity contribution in [2.75, 3.05) is 6.61 Å². The van der Waals surface area contributed by atoms with Crippen LogP contribution in [0.1, 0.15) is 19.8 Å². The van der Waals surface area contributed by atoms with Gasteiger partial charge in [-0.15, -0.1) is 0 Å². The van der Waals surface area contributed by atoms with Gasteiger partial charge in [0.2, 0.25) is 0 Å². The van der Waals surface area contributed by atoms with Crippen molar-refractivity contribution >= 4 is 5.78 Å². The third-order valence-corrected chi connectivity index (χ3v) is 3.43. The van der Waals surface area contributed by atoms with Crippen LogP contribution in [-0.2, 0) is 9.53 Å². The lowest BCUT2D eigenvalue weighted by Gasteiger charge is -2.52. The molecule has 0 aromatic carbocycles. The largest absolute Gasteiger partial charge is 0.411 e. The van der Waals surface area contributed by atoms with Gasteiger partial charge in [0, 0.05) is 11.8 Å². The number of ether oxygens (including phenoxy) is 1. The first kappa shape index (κ1) is 11.6. The number of fused-ring (bicyclic) bond motifs is 1. The maximum absolute atomic E-state index is 12.1. The Labute approximate surface area is 91.5 Å². The van der Waals surface area contributed by atoms with Crippen molar-refractivity contribution < 1.29 is 22.7 Å². The van der Waals surface area contributed by atoms with Gasteiger partial charge < -0.3 is 4.74 Å². The molecule has 0 amide bonds. The first-order chi connectivity index (χ1) is 7.37. The molecular weight excluding hydrogens is 221 g/mol. The van der Waals surface area contributed by atoms with Gasteiger partial charge in [-0.05, 0) is 12.8 Å². The van der Waals surface area contributed by atoms with Crippen molar-refractivity contribution in [2.45, 2.75) is 31.5 Å². The summed E-state index contributed by atoms with van der Waals surface area (Å²) in [7, 11) is 0. The molecule has 1 fully saturated rings. The Balaban J connectivity index is 2.11. The molecule has 5 heteroatoms. The summed E-state index contributed by atoms with van der Waals surface area (Å²) in [6.07, 6.45) is 0.314. The van der Waals surface area contributed by atoms with Crippen LogP contribution in [0.4, 0.5) is 13.2 Å². The van der Waals surface area contributed by atoms with Crippen molar-refractivity contribution in [3.8, 4) is 0 Å². The highest BCUT2D eigenvalue weighted by Gasteiger charge is 2.61. The highest BCUT2D eigenvalue weighted by molar-refractivity contribution is 5.97. The second kappa shape index (κ2) is 3.58. The Morgan fingerprint density at radius 2 is 2.25 bits per heavy atom. The van der Waals surface area contributed by atoms with Crippen LogP contribution in [0.2, 0.25) is 0 Å². The van der Waals surface area contributed by atoms with Gasteiger partial charge in [0.1, 0.15) is 12.2 Å². The van der Waals surface area contributed by atoms with E-state index in [0.717, 1.165) is 0 Å². The molecule has 0 spiro atoms. The molecule has 0 aromatic heterocycles. The second-order valence-corrected chi connectivity index (χ2v) is 4.44. The summed E-state index contributed by atoms with van der Waals surface area (Å²) in [5.41, 5.74) is -1.19. The van der Waals surface area contributed by atoms with Gasteiger partial charge in [-0.3, -0.25) is 4.79 Å². The lowest BCUT2D eigenvalue weighted by atomic mass is 9.57. The van der Waals surface area contributed by atoms with Crippen molar-refractivity contribution in [1.82, 2.24) is 0 Å². The highest BCUT2D eigenvalue weighted by Crippen LogP contribution is 2.49. The Morgan fingerprint density at radius 1 is 1.56 bits per heavy atom. The molecule has 90 valence electrons. The molecule has 3 atom stereocenters. The summed E-state index contributed by atoms with van der Waals surface area (Å²) >= 11 is 0. The number of hydrogen-bond donors (Lipinski definition) is 0. The van der Waals surface area contributed by atoms with Crippen LogP contribution >= 0.6 is 0 Å². The SMILES string of the molecule is CC1C(=O)C2(OCC(F)(F)F)CCC=CC12. The molecule has 1 saturated carbocycles. The number of ketones is 1. The van der Waals surface area contributed by atoms with Gasteiger partial charge in [0.05, 0.1) is 0 Å². The van der Waals surface area contributed by atoms with Crippen LogP contribution in [0.25, 0.3) is 0 Å². The van der Waals surface area contributed by atoms with Gasteiger partial charge in [-0.1, -0.05) is 19.1 Å². The van der Waals surface area contributed by atoms with Crippen LogP contribution < -0.4 is 0 Å². The highest BCUT2D eigenvalue weighted by atomic mass is 19.4. The van der Waals surface area contributed by atoms with Gasteiger partial charge in [0.15, 0.2) is 5.78 Å². The van der Waals surface area contributed by atoms with E-state index in [1.165, 1.54) is 0 Å². The number of carbonyl (C=O) groups excluding carboxylic acids is 1. The number of Topliss-reactive ketones (excluding diaryl/α,β-unsaturated/α-hetero) is 1. The first-order valence-corrected chi connectivity index (χ1v) is 5.28. The van der Waals surface area contributed by atoms with Crippen LogP contribution in [0.15, 0.2) is 12.2 Å². The van der Waals surface area contributed by atoms with Crippen LogP contribution in [0.5, 0.6) is 0 Å². The lowest BCUT2D eigenvalue weighted by Crippen LogP contribution is -2.64. The fourth-order valence-corrected chi connectivity index (χ4v) is 2.62. The molecule has 0 aliphatic heterocycles. The summed E-state index contributed by atoms with van der Waals surface area (Å²) in [4.78, 5) is 11.7. The van der Waals surface area contributed by atoms with Gasteiger partial charge in [-0.2, -0.15) is 13.2 Å². The zero-order chi connectivity index (χ0) is 12.0. The number of allylic oxidation sites excluding steroid dienone is 1. The molecule has 16 heavy (non-hydrogen) atoms. The molecule has 0 heterocycles. The number of hydrogen-bond acceptors (Lipinski definition) is 2. The molecule has 2 rings (SSSR count). The normalized spacial score (nSPS) is 38.1. The number of alkyl halides is 3. The quantitative estimate of drug-likeness (QED) is 0.686. The van der Waals surface area contributed by atoms with E-state index in [-0.39, 0.29) is 17.6 Å². The Bertz CT molecular complexity index is 335. The van der Waals surface area contributed by atoms with E-state index in [1.807, 2.05) is 12.2 Å². The zero-order valence-electron chi connectivity index (χ0n) is 8.88. The number of rotatable bonds is 2. The molecule has 0 bridgehead atoms. The van der Waals surface area contributed by atoms with E-state index in [0.29, 0.717) is 12.8 Å². The van der Waals surface area contributed by atoms with Gasteiger partial charge >= 0.3 is 6.18 Å². The van der Waals surface area contributed by atoms with Crippen molar-refractivity contribution in [3.63, 3.8) is 0 Å². The summed E-state index contributed by atoms with van der Waals surface area (Å²) in [6, 6.07) is 0. The van der Waals surface area contributed by atoms with E-state index >= 15 is 0 Å². The standard InChI is InChI=1S/C11H13F3O2/c1-7-8-4-2-3-5-10(8,9(7)15)16-6-11(12,13)14/h2,4,7-8H,3,5-6H2,1H3. The van der Waals surface area contributed by atoms with E-state index in [9.17, 15) is 18.0 Å². The minimum Gasteiger partial charge on any atom is -0.357 e. The average molecular weight is 234 g/mol. The molecule has 0 aromatic rings. The third kappa shape index (κ3) is 1.67. The molecule has 3 unspecified atom stereocenters. The number of halogens is 3. The molecular formula is C11H13F3O2. The summed E-state index contributed by atoms with van der Waals surface area (Å²) in [5, 5.41) is 0. The van der Waals surface area contributed by atoms with Gasteiger partial charge in [0.25, 0.3) is 0 Å². The molecule has 0 N–H and O–H groups in total. The monoisotopic (exact) mass is 234 g/mol. The predicted octanol–water partition coefficient (Wildman–Crippen LogP) is 2.49. The minimum atomic E-state index is -4.38. The second-order valence-electron chi connectivity index (χ2n) is 4.44. The summed E-state index contributed by atoms with van der Waals surface area (Å²) < 4.78 is 41.2. The Morgan fingerprint density at radius 3 is 2.88 bits per heavy atom. The predicted molar refractivity (Wildman–Crippen MR) is 50.8 cm³/mol. The van der Waals surface area contributed by atoms with E-state index < -0.39 is 18.4 Å². The van der Waals surface area contributed by atoms with Crippen LogP contribution in [-0.4, -0.2) is 24.2 Å². The smallest absolute Gasteiger partial charge is 0.357 e. The third-order valence-electron chi connectivity index (χ3n) is 3.43. The maximum atomic E-state index is 12.1. The summed E-state index contributed by atoms with van der Waals surface area (Å²) in [6.45, 7) is 0.396. The van der Waals surface area contributed by atoms with Crippen molar-refractivity contribution in [3.05, 3.63) is 12.2 Å². The Hall–Kier alpha value is -0.840. The van der Waals surface area contributed by atoms with Gasteiger partial charge in [-0.25, -0.2) is 0 Å². The minimum absolute atomic E-state index is 0.184. The van der Waals surface area contributed by atoms with Crippen LogP contribution in [0, 0.1) is 11.8 Å². The lowest BCUT2D eigenvalue weighted by molar-refractivity contribution is -0.232. The molecule has 2 aliphatic carbocycles. The Kier molecular flexibility index (Phi) is 2.61. The fraction of sp³-hybridized carbons (Fsp3) is 0.727. The first-order valence-electron chi connectivity index (χ1n) is 5.28. The molecule has 2 aliphatic rings. The maximum Gasteiger partial charge on any atom is 0.411 e. The fourth-order valence-electron chi connectivity index (χ4n) is 2.62. The van der Waals surface area contributed by atoms with E-state index in [1.54, 1.807) is 6.92 Å². The van der Waals surface area contributed by atoms with E-state index in [2.05, 4.69) is 0 Å². The van der Waals surface area contributed by atoms with E-state index in [4.69, 9.17) is 4.74 Å². The molecule has 2 nitrogen and oxygen atoms in total. The summed E-state index contributed by atoms with van der Waals surface area (Å²) in [5.74, 6) is -0.591. The zero-order valence-corrected chi connectivity index (χ0v) is 8.88. The number of carbonyl (C=O) groups is 1. The molecule has 0 radical (unpaired) electrons. The van der Waals surface area contributed by atoms with Crippen LogP contribution in [0.3, 0.4) is 0 Å². The molecule has 0 saturated heterocycles. The van der Waals surface area contributed by atoms with Crippen molar-refractivity contribution in [1.29, 1.82) is 0 Å². The average Bonchev–Trinajstić information content (AvgIpc) is 2.24. The van der Waals surface area contributed by atoms with Crippen molar-refractivity contribution in [2.24, 2.45) is 11.8 Å².